The Hall–Kier alpha value is -1.42. The van der Waals surface area contributed by atoms with E-state index < -0.39 is 0 Å². The van der Waals surface area contributed by atoms with Gasteiger partial charge in [0.05, 0.1) is 10.2 Å². The average Bonchev–Trinajstić information content (AvgIpc) is 2.79. The van der Waals surface area contributed by atoms with Gasteiger partial charge >= 0.3 is 0 Å². The molecule has 2 rings (SSSR count). The third-order valence-electron chi connectivity index (χ3n) is 3.16. The molecule has 0 radical (unpaired) electrons. The van der Waals surface area contributed by atoms with Crippen molar-refractivity contribution in [2.24, 2.45) is 10.2 Å². The summed E-state index contributed by atoms with van der Waals surface area (Å²) in [6, 6.07) is 8.51. The minimum absolute atomic E-state index is 0.986. The van der Waals surface area contributed by atoms with Crippen molar-refractivity contribution in [3.05, 3.63) is 29.1 Å². The van der Waals surface area contributed by atoms with Crippen molar-refractivity contribution in [2.75, 3.05) is 0 Å². The van der Waals surface area contributed by atoms with Crippen LogP contribution in [0.1, 0.15) is 46.5 Å². The van der Waals surface area contributed by atoms with Crippen LogP contribution in [0.4, 0.5) is 0 Å². The van der Waals surface area contributed by atoms with Crippen LogP contribution in [0.25, 0.3) is 10.2 Å². The highest BCUT2D eigenvalue weighted by atomic mass is 32.1. The number of benzene rings is 1. The van der Waals surface area contributed by atoms with Crippen molar-refractivity contribution in [1.29, 1.82) is 0 Å². The van der Waals surface area contributed by atoms with E-state index in [0.29, 0.717) is 0 Å². The van der Waals surface area contributed by atoms with E-state index in [9.17, 15) is 0 Å². The first kappa shape index (κ1) is 15.0. The van der Waals surface area contributed by atoms with Crippen molar-refractivity contribution in [3.63, 3.8) is 0 Å². The third kappa shape index (κ3) is 3.79. The summed E-state index contributed by atoms with van der Waals surface area (Å²) < 4.78 is 3.59. The predicted molar refractivity (Wildman–Crippen MR) is 88.3 cm³/mol. The molecule has 20 heavy (non-hydrogen) atoms. The minimum Gasteiger partial charge on any atom is -0.315 e. The van der Waals surface area contributed by atoms with E-state index in [4.69, 9.17) is 0 Å². The van der Waals surface area contributed by atoms with Crippen molar-refractivity contribution in [2.45, 2.75) is 53.0 Å². The van der Waals surface area contributed by atoms with Gasteiger partial charge in [-0.3, -0.25) is 0 Å². The lowest BCUT2D eigenvalue weighted by Crippen LogP contribution is -2.14. The predicted octanol–water partition coefficient (Wildman–Crippen LogP) is 4.58. The molecule has 0 saturated heterocycles. The van der Waals surface area contributed by atoms with E-state index in [1.807, 2.05) is 13.8 Å². The van der Waals surface area contributed by atoms with Crippen molar-refractivity contribution >= 4 is 27.3 Å². The molecule has 0 aliphatic carbocycles. The zero-order valence-electron chi connectivity index (χ0n) is 12.6. The normalized spacial score (nSPS) is 12.1. The monoisotopic (exact) mass is 289 g/mol. The minimum atomic E-state index is 0.986. The first-order valence-electron chi connectivity index (χ1n) is 7.35. The number of nitrogens with zero attached hydrogens (tertiary/aromatic N) is 3. The summed E-state index contributed by atoms with van der Waals surface area (Å²) in [4.78, 5) is 1.00. The molecule has 2 aromatic rings. The molecule has 0 aliphatic heterocycles. The van der Waals surface area contributed by atoms with Gasteiger partial charge in [-0.15, -0.1) is 5.10 Å². The first-order chi connectivity index (χ1) is 9.72. The molecule has 1 heterocycles. The molecule has 0 N–H and O–H groups in total. The van der Waals surface area contributed by atoms with E-state index in [1.54, 1.807) is 11.3 Å². The molecule has 0 amide bonds. The molecule has 0 fully saturated rings. The molecule has 0 unspecified atom stereocenters. The maximum absolute atomic E-state index is 4.41. The molecule has 0 spiro atoms. The summed E-state index contributed by atoms with van der Waals surface area (Å²) in [6.45, 7) is 7.22. The van der Waals surface area contributed by atoms with E-state index in [-0.39, 0.29) is 0 Å². The number of thiazole rings is 1. The molecule has 3 nitrogen and oxygen atoms in total. The fraction of sp³-hybridized carbons (Fsp3) is 0.500. The van der Waals surface area contributed by atoms with Crippen LogP contribution in [0.2, 0.25) is 0 Å². The van der Waals surface area contributed by atoms with Gasteiger partial charge < -0.3 is 4.57 Å². The number of unbranched alkanes of at least 4 members (excludes halogenated alkanes) is 3. The van der Waals surface area contributed by atoms with Gasteiger partial charge in [0.15, 0.2) is 0 Å². The van der Waals surface area contributed by atoms with E-state index in [2.05, 4.69) is 46.0 Å². The lowest BCUT2D eigenvalue weighted by atomic mass is 10.2. The summed E-state index contributed by atoms with van der Waals surface area (Å²) >= 11 is 1.72. The fourth-order valence-corrected chi connectivity index (χ4v) is 3.16. The van der Waals surface area contributed by atoms with Gasteiger partial charge in [-0.1, -0.05) is 49.7 Å². The molecule has 108 valence electrons. The average molecular weight is 289 g/mol. The summed E-state index contributed by atoms with van der Waals surface area (Å²) in [6.07, 6.45) is 5.06. The second-order valence-electron chi connectivity index (χ2n) is 5.21. The maximum Gasteiger partial charge on any atom is 0.211 e. The van der Waals surface area contributed by atoms with Crippen molar-refractivity contribution in [1.82, 2.24) is 4.57 Å². The van der Waals surface area contributed by atoms with Gasteiger partial charge in [0.1, 0.15) is 0 Å². The van der Waals surface area contributed by atoms with Gasteiger partial charge in [-0.25, -0.2) is 0 Å². The van der Waals surface area contributed by atoms with Crippen molar-refractivity contribution < 1.29 is 0 Å². The van der Waals surface area contributed by atoms with Crippen LogP contribution in [0.5, 0.6) is 0 Å². The summed E-state index contributed by atoms with van der Waals surface area (Å²) in [5.41, 5.74) is 2.26. The van der Waals surface area contributed by atoms with E-state index in [1.165, 1.54) is 35.9 Å². The molecule has 0 saturated carbocycles. The molecular formula is C16H23N3S. The third-order valence-corrected chi connectivity index (χ3v) is 4.21. The largest absolute Gasteiger partial charge is 0.315 e. The van der Waals surface area contributed by atoms with Gasteiger partial charge in [-0.2, -0.15) is 5.10 Å². The molecule has 0 aliphatic rings. The zero-order chi connectivity index (χ0) is 14.4. The molecular weight excluding hydrogens is 266 g/mol. The Morgan fingerprint density at radius 1 is 1.15 bits per heavy atom. The topological polar surface area (TPSA) is 29.6 Å². The number of hydrogen-bond acceptors (Lipinski definition) is 3. The summed E-state index contributed by atoms with van der Waals surface area (Å²) in [7, 11) is 0. The fourth-order valence-electron chi connectivity index (χ4n) is 2.15. The summed E-state index contributed by atoms with van der Waals surface area (Å²) in [5, 5.41) is 8.64. The number of para-hydroxylation sites is 1. The molecule has 1 aromatic carbocycles. The number of fused-ring (bicyclic) bond motifs is 1. The van der Waals surface area contributed by atoms with Gasteiger partial charge in [0, 0.05) is 12.3 Å². The Morgan fingerprint density at radius 3 is 2.70 bits per heavy atom. The highest BCUT2D eigenvalue weighted by molar-refractivity contribution is 7.16. The lowest BCUT2D eigenvalue weighted by Gasteiger charge is -2.04. The summed E-state index contributed by atoms with van der Waals surface area (Å²) in [5.74, 6) is 0. The van der Waals surface area contributed by atoms with Gasteiger partial charge in [-0.05, 0) is 32.4 Å². The highest BCUT2D eigenvalue weighted by Crippen LogP contribution is 2.17. The molecule has 0 bridgehead atoms. The molecule has 1 aromatic heterocycles. The second kappa shape index (κ2) is 7.39. The van der Waals surface area contributed by atoms with Crippen LogP contribution in [0.3, 0.4) is 0 Å². The Morgan fingerprint density at radius 2 is 1.95 bits per heavy atom. The number of aryl methyl sites for hydroxylation is 1. The van der Waals surface area contributed by atoms with Crippen LogP contribution in [-0.4, -0.2) is 10.3 Å². The number of hydrogen-bond donors (Lipinski definition) is 0. The van der Waals surface area contributed by atoms with Crippen LogP contribution in [0.15, 0.2) is 34.5 Å². The van der Waals surface area contributed by atoms with Crippen LogP contribution < -0.4 is 4.80 Å². The first-order valence-corrected chi connectivity index (χ1v) is 8.17. The zero-order valence-corrected chi connectivity index (χ0v) is 13.4. The number of rotatable bonds is 6. The second-order valence-corrected chi connectivity index (χ2v) is 6.22. The Balaban J connectivity index is 2.35. The van der Waals surface area contributed by atoms with E-state index in [0.717, 1.165) is 17.1 Å². The van der Waals surface area contributed by atoms with Crippen molar-refractivity contribution in [3.8, 4) is 0 Å². The van der Waals surface area contributed by atoms with Crippen LogP contribution >= 0.6 is 11.3 Å². The SMILES string of the molecule is CCCCCCn1/c(=N/N=C(C)C)sc2ccccc21. The lowest BCUT2D eigenvalue weighted by molar-refractivity contribution is 0.583. The smallest absolute Gasteiger partial charge is 0.211 e. The molecule has 4 heteroatoms. The van der Waals surface area contributed by atoms with Crippen LogP contribution in [0, 0.1) is 0 Å². The maximum atomic E-state index is 4.41. The van der Waals surface area contributed by atoms with Gasteiger partial charge in [0.25, 0.3) is 0 Å². The van der Waals surface area contributed by atoms with Gasteiger partial charge in [0.2, 0.25) is 4.80 Å². The highest BCUT2D eigenvalue weighted by Gasteiger charge is 2.05. The standard InChI is InChI=1S/C16H23N3S/c1-4-5-6-9-12-19-14-10-7-8-11-15(14)20-16(19)18-17-13(2)3/h7-8,10-11H,4-6,9,12H2,1-3H3/b18-16-. The number of aromatic nitrogens is 1. The van der Waals surface area contributed by atoms with E-state index >= 15 is 0 Å². The Kier molecular flexibility index (Phi) is 5.53. The Bertz CT molecular complexity index is 645. The quantitative estimate of drug-likeness (QED) is 0.423. The Labute approximate surface area is 124 Å². The van der Waals surface area contributed by atoms with Crippen LogP contribution in [-0.2, 0) is 6.54 Å². The molecule has 0 atom stereocenters.